The van der Waals surface area contributed by atoms with Crippen molar-refractivity contribution in [3.8, 4) is 5.75 Å². The molecule has 0 bridgehead atoms. The van der Waals surface area contributed by atoms with E-state index in [0.29, 0.717) is 5.41 Å². The standard InChI is InChI=1S/C15H22BrNO/c1-15(2)7-9-17(10-8-15)11-12-18-14-5-3-13(16)4-6-14/h3-6H,7-12H2,1-2H3. The van der Waals surface area contributed by atoms with Gasteiger partial charge in [-0.3, -0.25) is 4.90 Å². The van der Waals surface area contributed by atoms with Crippen LogP contribution in [0.3, 0.4) is 0 Å². The van der Waals surface area contributed by atoms with E-state index < -0.39 is 0 Å². The average Bonchev–Trinajstić information content (AvgIpc) is 2.34. The zero-order chi connectivity index (χ0) is 13.0. The highest BCUT2D eigenvalue weighted by molar-refractivity contribution is 9.10. The van der Waals surface area contributed by atoms with Crippen molar-refractivity contribution in [3.63, 3.8) is 0 Å². The zero-order valence-electron chi connectivity index (χ0n) is 11.3. The summed E-state index contributed by atoms with van der Waals surface area (Å²) in [5.74, 6) is 0.954. The van der Waals surface area contributed by atoms with Crippen molar-refractivity contribution in [2.45, 2.75) is 26.7 Å². The van der Waals surface area contributed by atoms with Gasteiger partial charge in [-0.25, -0.2) is 0 Å². The summed E-state index contributed by atoms with van der Waals surface area (Å²) in [4.78, 5) is 2.50. The van der Waals surface area contributed by atoms with Crippen LogP contribution in [0.25, 0.3) is 0 Å². The molecule has 2 rings (SSSR count). The third-order valence-corrected chi connectivity index (χ3v) is 4.23. The Labute approximate surface area is 118 Å². The van der Waals surface area contributed by atoms with E-state index in [0.717, 1.165) is 23.4 Å². The van der Waals surface area contributed by atoms with Crippen LogP contribution < -0.4 is 4.74 Å². The molecule has 1 aliphatic heterocycles. The smallest absolute Gasteiger partial charge is 0.119 e. The van der Waals surface area contributed by atoms with Gasteiger partial charge in [0.25, 0.3) is 0 Å². The minimum absolute atomic E-state index is 0.531. The highest BCUT2D eigenvalue weighted by atomic mass is 79.9. The van der Waals surface area contributed by atoms with Gasteiger partial charge in [0.2, 0.25) is 0 Å². The van der Waals surface area contributed by atoms with Gasteiger partial charge in [-0.05, 0) is 55.6 Å². The molecule has 1 aliphatic rings. The van der Waals surface area contributed by atoms with E-state index in [2.05, 4.69) is 34.7 Å². The summed E-state index contributed by atoms with van der Waals surface area (Å²) >= 11 is 3.42. The second-order valence-electron chi connectivity index (χ2n) is 5.81. The highest BCUT2D eigenvalue weighted by Gasteiger charge is 2.24. The van der Waals surface area contributed by atoms with Crippen molar-refractivity contribution in [2.75, 3.05) is 26.2 Å². The Morgan fingerprint density at radius 1 is 1.17 bits per heavy atom. The fraction of sp³-hybridized carbons (Fsp3) is 0.600. The summed E-state index contributed by atoms with van der Waals surface area (Å²) < 4.78 is 6.84. The predicted molar refractivity (Wildman–Crippen MR) is 79.1 cm³/mol. The molecule has 100 valence electrons. The fourth-order valence-corrected chi connectivity index (χ4v) is 2.47. The molecule has 0 radical (unpaired) electrons. The van der Waals surface area contributed by atoms with Crippen molar-refractivity contribution in [2.24, 2.45) is 5.41 Å². The minimum Gasteiger partial charge on any atom is -0.492 e. The molecule has 0 amide bonds. The van der Waals surface area contributed by atoms with Gasteiger partial charge in [0, 0.05) is 11.0 Å². The van der Waals surface area contributed by atoms with E-state index in [1.807, 2.05) is 24.3 Å². The lowest BCUT2D eigenvalue weighted by Crippen LogP contribution is -2.39. The molecule has 3 heteroatoms. The van der Waals surface area contributed by atoms with E-state index in [1.54, 1.807) is 0 Å². The van der Waals surface area contributed by atoms with Gasteiger partial charge in [-0.1, -0.05) is 29.8 Å². The van der Waals surface area contributed by atoms with Crippen LogP contribution in [-0.2, 0) is 0 Å². The maximum absolute atomic E-state index is 5.75. The van der Waals surface area contributed by atoms with Crippen LogP contribution in [0, 0.1) is 5.41 Å². The van der Waals surface area contributed by atoms with Crippen molar-refractivity contribution in [3.05, 3.63) is 28.7 Å². The van der Waals surface area contributed by atoms with E-state index in [9.17, 15) is 0 Å². The predicted octanol–water partition coefficient (Wildman–Crippen LogP) is 3.95. The molecule has 2 nitrogen and oxygen atoms in total. The first-order chi connectivity index (χ1) is 8.55. The summed E-state index contributed by atoms with van der Waals surface area (Å²) in [6, 6.07) is 8.03. The Hall–Kier alpha value is -0.540. The van der Waals surface area contributed by atoms with Crippen LogP contribution in [-0.4, -0.2) is 31.1 Å². The number of hydrogen-bond acceptors (Lipinski definition) is 2. The quantitative estimate of drug-likeness (QED) is 0.835. The molecule has 0 atom stereocenters. The van der Waals surface area contributed by atoms with Crippen molar-refractivity contribution < 1.29 is 4.74 Å². The van der Waals surface area contributed by atoms with Crippen molar-refractivity contribution in [1.82, 2.24) is 4.90 Å². The Kier molecular flexibility index (Phi) is 4.68. The van der Waals surface area contributed by atoms with E-state index in [1.165, 1.54) is 25.9 Å². The first-order valence-electron chi connectivity index (χ1n) is 6.66. The minimum atomic E-state index is 0.531. The average molecular weight is 312 g/mol. The van der Waals surface area contributed by atoms with Crippen molar-refractivity contribution >= 4 is 15.9 Å². The summed E-state index contributed by atoms with van der Waals surface area (Å²) in [6.07, 6.45) is 2.59. The molecule has 1 saturated heterocycles. The largest absolute Gasteiger partial charge is 0.492 e. The van der Waals surface area contributed by atoms with Crippen molar-refractivity contribution in [1.29, 1.82) is 0 Å². The van der Waals surface area contributed by atoms with Gasteiger partial charge < -0.3 is 4.74 Å². The molecule has 0 saturated carbocycles. The number of ether oxygens (including phenoxy) is 1. The molecule has 0 aliphatic carbocycles. The lowest BCUT2D eigenvalue weighted by atomic mass is 9.83. The second-order valence-corrected chi connectivity index (χ2v) is 6.72. The second kappa shape index (κ2) is 6.07. The number of piperidine rings is 1. The van der Waals surface area contributed by atoms with Crippen LogP contribution in [0.15, 0.2) is 28.7 Å². The molecule has 1 heterocycles. The molecular weight excluding hydrogens is 290 g/mol. The maximum Gasteiger partial charge on any atom is 0.119 e. The van der Waals surface area contributed by atoms with E-state index in [-0.39, 0.29) is 0 Å². The lowest BCUT2D eigenvalue weighted by molar-refractivity contribution is 0.116. The number of likely N-dealkylation sites (tertiary alicyclic amines) is 1. The number of rotatable bonds is 4. The molecule has 0 N–H and O–H groups in total. The van der Waals surface area contributed by atoms with Crippen LogP contribution in [0.5, 0.6) is 5.75 Å². The summed E-state index contributed by atoms with van der Waals surface area (Å²) in [6.45, 7) is 8.95. The first-order valence-corrected chi connectivity index (χ1v) is 7.45. The molecule has 1 aromatic carbocycles. The SMILES string of the molecule is CC1(C)CCN(CCOc2ccc(Br)cc2)CC1. The first kappa shape index (κ1) is 13.9. The van der Waals surface area contributed by atoms with Crippen LogP contribution in [0.1, 0.15) is 26.7 Å². The zero-order valence-corrected chi connectivity index (χ0v) is 12.9. The molecule has 0 unspecified atom stereocenters. The monoisotopic (exact) mass is 311 g/mol. The van der Waals surface area contributed by atoms with Gasteiger partial charge in [-0.15, -0.1) is 0 Å². The van der Waals surface area contributed by atoms with Gasteiger partial charge in [-0.2, -0.15) is 0 Å². The maximum atomic E-state index is 5.75. The molecule has 18 heavy (non-hydrogen) atoms. The Morgan fingerprint density at radius 2 is 1.78 bits per heavy atom. The highest BCUT2D eigenvalue weighted by Crippen LogP contribution is 2.29. The van der Waals surface area contributed by atoms with Crippen LogP contribution >= 0.6 is 15.9 Å². The van der Waals surface area contributed by atoms with Crippen LogP contribution in [0.2, 0.25) is 0 Å². The third-order valence-electron chi connectivity index (χ3n) is 3.70. The van der Waals surface area contributed by atoms with Gasteiger partial charge >= 0.3 is 0 Å². The van der Waals surface area contributed by atoms with Gasteiger partial charge in [0.05, 0.1) is 0 Å². The van der Waals surface area contributed by atoms with Gasteiger partial charge in [0.1, 0.15) is 12.4 Å². The Morgan fingerprint density at radius 3 is 2.39 bits per heavy atom. The summed E-state index contributed by atoms with van der Waals surface area (Å²) in [5, 5.41) is 0. The Balaban J connectivity index is 1.68. The topological polar surface area (TPSA) is 12.5 Å². The molecule has 1 aromatic rings. The summed E-state index contributed by atoms with van der Waals surface area (Å²) in [7, 11) is 0. The molecular formula is C15H22BrNO. The summed E-state index contributed by atoms with van der Waals surface area (Å²) in [5.41, 5.74) is 0.531. The number of nitrogens with zero attached hydrogens (tertiary/aromatic N) is 1. The van der Waals surface area contributed by atoms with Crippen LogP contribution in [0.4, 0.5) is 0 Å². The number of halogens is 1. The molecule has 0 spiro atoms. The molecule has 0 aromatic heterocycles. The van der Waals surface area contributed by atoms with E-state index in [4.69, 9.17) is 4.74 Å². The third kappa shape index (κ3) is 4.29. The molecule has 1 fully saturated rings. The lowest BCUT2D eigenvalue weighted by Gasteiger charge is -2.36. The van der Waals surface area contributed by atoms with E-state index >= 15 is 0 Å². The Bertz CT molecular complexity index is 365. The fourth-order valence-electron chi connectivity index (χ4n) is 2.21. The van der Waals surface area contributed by atoms with Gasteiger partial charge in [0.15, 0.2) is 0 Å². The number of benzene rings is 1. The number of hydrogen-bond donors (Lipinski definition) is 0. The normalized spacial score (nSPS) is 19.7.